The molecule has 0 amide bonds. The maximum Gasteiger partial charge on any atom is 0.135 e. The molecule has 35 heavy (non-hydrogen) atoms. The van der Waals surface area contributed by atoms with Gasteiger partial charge in [0, 0.05) is 32.0 Å². The highest BCUT2D eigenvalue weighted by Crippen LogP contribution is 2.34. The molecule has 0 radical (unpaired) electrons. The van der Waals surface area contributed by atoms with Crippen LogP contribution >= 0.6 is 0 Å². The van der Waals surface area contributed by atoms with Crippen molar-refractivity contribution in [1.29, 1.82) is 0 Å². The molecule has 1 aromatic carbocycles. The van der Waals surface area contributed by atoms with Crippen molar-refractivity contribution in [2.45, 2.75) is 44.8 Å². The lowest BCUT2D eigenvalue weighted by Crippen LogP contribution is -2.25. The minimum Gasteiger partial charge on any atom is -0.380 e. The summed E-state index contributed by atoms with van der Waals surface area (Å²) in [6, 6.07) is 8.00. The number of pyridine rings is 1. The number of rotatable bonds is 6. The van der Waals surface area contributed by atoms with Crippen molar-refractivity contribution in [2.24, 2.45) is 5.73 Å². The van der Waals surface area contributed by atoms with Gasteiger partial charge in [0.15, 0.2) is 0 Å². The van der Waals surface area contributed by atoms with Crippen LogP contribution in [-0.2, 0) is 17.8 Å². The van der Waals surface area contributed by atoms with Crippen molar-refractivity contribution in [3.05, 3.63) is 94.7 Å². The van der Waals surface area contributed by atoms with E-state index in [1.807, 2.05) is 12.3 Å². The fourth-order valence-corrected chi connectivity index (χ4v) is 5.00. The van der Waals surface area contributed by atoms with Crippen LogP contribution in [-0.4, -0.2) is 32.7 Å². The normalized spacial score (nSPS) is 18.1. The number of benzene rings is 1. The van der Waals surface area contributed by atoms with Crippen molar-refractivity contribution >= 4 is 5.52 Å². The predicted octanol–water partition coefficient (Wildman–Crippen LogP) is 4.96. The maximum atomic E-state index is 14.8. The Balaban J connectivity index is 1.51. The van der Waals surface area contributed by atoms with Gasteiger partial charge in [-0.3, -0.25) is 4.98 Å². The number of hydrogen-bond donors (Lipinski definition) is 1. The molecular formula is C27H27F2N5O. The molecule has 0 aliphatic heterocycles. The molecule has 0 saturated carbocycles. The Hall–Kier alpha value is -3.49. The van der Waals surface area contributed by atoms with Gasteiger partial charge >= 0.3 is 0 Å². The Labute approximate surface area is 202 Å². The van der Waals surface area contributed by atoms with Crippen LogP contribution in [0, 0.1) is 11.6 Å². The summed E-state index contributed by atoms with van der Waals surface area (Å²) < 4.78 is 36.3. The van der Waals surface area contributed by atoms with Crippen LogP contribution in [0.2, 0.25) is 0 Å². The van der Waals surface area contributed by atoms with Gasteiger partial charge in [0.2, 0.25) is 0 Å². The molecule has 0 fully saturated rings. The van der Waals surface area contributed by atoms with Crippen LogP contribution in [0.1, 0.15) is 48.2 Å². The minimum atomic E-state index is -0.683. The number of aromatic nitrogens is 4. The van der Waals surface area contributed by atoms with Gasteiger partial charge in [0.25, 0.3) is 0 Å². The molecule has 5 rings (SSSR count). The zero-order valence-electron chi connectivity index (χ0n) is 19.7. The van der Waals surface area contributed by atoms with Crippen LogP contribution < -0.4 is 5.73 Å². The summed E-state index contributed by atoms with van der Waals surface area (Å²) in [5, 5.41) is 4.56. The number of imidazole rings is 1. The van der Waals surface area contributed by atoms with Gasteiger partial charge < -0.3 is 10.5 Å². The molecule has 3 aromatic heterocycles. The van der Waals surface area contributed by atoms with Gasteiger partial charge in [0.05, 0.1) is 29.6 Å². The topological polar surface area (TPSA) is 78.3 Å². The third-order valence-electron chi connectivity index (χ3n) is 6.48. The fourth-order valence-electron chi connectivity index (χ4n) is 5.00. The highest BCUT2D eigenvalue weighted by Gasteiger charge is 2.23. The molecule has 1 aliphatic rings. The molecular weight excluding hydrogens is 448 g/mol. The van der Waals surface area contributed by atoms with Crippen LogP contribution in [0.3, 0.4) is 0 Å². The van der Waals surface area contributed by atoms with E-state index in [1.165, 1.54) is 30.4 Å². The number of nitrogens with two attached hydrogens (primary N) is 1. The van der Waals surface area contributed by atoms with E-state index in [0.717, 1.165) is 23.9 Å². The van der Waals surface area contributed by atoms with Crippen LogP contribution in [0.5, 0.6) is 0 Å². The quantitative estimate of drug-likeness (QED) is 0.399. The van der Waals surface area contributed by atoms with Gasteiger partial charge in [-0.1, -0.05) is 11.6 Å². The number of fused-ring (bicyclic) bond motifs is 1. The molecule has 0 saturated heterocycles. The lowest BCUT2D eigenvalue weighted by atomic mass is 9.80. The first-order chi connectivity index (χ1) is 16.9. The summed E-state index contributed by atoms with van der Waals surface area (Å²) in [6.07, 6.45) is 9.80. The van der Waals surface area contributed by atoms with Gasteiger partial charge in [-0.2, -0.15) is 5.10 Å². The molecule has 0 bridgehead atoms. The predicted molar refractivity (Wildman–Crippen MR) is 130 cm³/mol. The summed E-state index contributed by atoms with van der Waals surface area (Å²) in [4.78, 5) is 8.90. The van der Waals surface area contributed by atoms with Crippen molar-refractivity contribution in [1.82, 2.24) is 19.6 Å². The fraction of sp³-hybridized carbons (Fsp3) is 0.296. The standard InChI is InChI=1S/C27H27F2N5O/c1-16-7-18(11-20(30)8-16)22-5-6-31-13-19(22)12-26-32-14-21-3-4-25(33-34(21)26)27-23(28)9-17(15-35-2)10-24(27)29/h3-6,8-10,13-14,18,20H,7,11-12,15,30H2,1-2H3/t18-,20+/m1/s1. The summed E-state index contributed by atoms with van der Waals surface area (Å²) in [6.45, 7) is 2.24. The van der Waals surface area contributed by atoms with Crippen molar-refractivity contribution < 1.29 is 13.5 Å². The summed E-state index contributed by atoms with van der Waals surface area (Å²) >= 11 is 0. The molecule has 0 spiro atoms. The Bertz CT molecular complexity index is 1390. The SMILES string of the molecule is COCc1cc(F)c(-c2ccc3cnc(Cc4cnccc4[C@@H]4CC(C)=C[C@H](N)C4)n3n2)c(F)c1. The van der Waals surface area contributed by atoms with E-state index in [0.29, 0.717) is 23.7 Å². The number of hydrogen-bond acceptors (Lipinski definition) is 5. The molecule has 6 nitrogen and oxygen atoms in total. The first kappa shape index (κ1) is 23.3. The van der Waals surface area contributed by atoms with Crippen LogP contribution in [0.15, 0.2) is 60.6 Å². The summed E-state index contributed by atoms with van der Waals surface area (Å²) in [5.74, 6) is -0.397. The first-order valence-corrected chi connectivity index (χ1v) is 11.6. The van der Waals surface area contributed by atoms with Crippen molar-refractivity contribution in [3.63, 3.8) is 0 Å². The summed E-state index contributed by atoms with van der Waals surface area (Å²) in [5.41, 5.74) is 11.0. The average molecular weight is 476 g/mol. The second-order valence-electron chi connectivity index (χ2n) is 9.16. The van der Waals surface area contributed by atoms with Crippen molar-refractivity contribution in [2.75, 3.05) is 7.11 Å². The zero-order chi connectivity index (χ0) is 24.5. The largest absolute Gasteiger partial charge is 0.380 e. The number of methoxy groups -OCH3 is 1. The minimum absolute atomic E-state index is 0.0336. The maximum absolute atomic E-state index is 14.8. The van der Waals surface area contributed by atoms with Gasteiger partial charge in [0.1, 0.15) is 17.5 Å². The van der Waals surface area contributed by atoms with Gasteiger partial charge in [-0.25, -0.2) is 18.3 Å². The third-order valence-corrected chi connectivity index (χ3v) is 6.48. The zero-order valence-corrected chi connectivity index (χ0v) is 19.7. The van der Waals surface area contributed by atoms with Gasteiger partial charge in [-0.15, -0.1) is 0 Å². The number of halogens is 2. The molecule has 3 heterocycles. The molecule has 2 atom stereocenters. The molecule has 1 aliphatic carbocycles. The summed E-state index contributed by atoms with van der Waals surface area (Å²) in [7, 11) is 1.48. The van der Waals surface area contributed by atoms with E-state index in [9.17, 15) is 8.78 Å². The first-order valence-electron chi connectivity index (χ1n) is 11.6. The average Bonchev–Trinajstić information content (AvgIpc) is 3.21. The van der Waals surface area contributed by atoms with E-state index in [4.69, 9.17) is 10.5 Å². The van der Waals surface area contributed by atoms with Gasteiger partial charge in [-0.05, 0) is 72.7 Å². The molecule has 8 heteroatoms. The second kappa shape index (κ2) is 9.64. The number of allylic oxidation sites excluding steroid dienone is 1. The monoisotopic (exact) mass is 475 g/mol. The highest BCUT2D eigenvalue weighted by molar-refractivity contribution is 5.63. The Morgan fingerprint density at radius 3 is 2.69 bits per heavy atom. The van der Waals surface area contributed by atoms with E-state index in [-0.39, 0.29) is 23.9 Å². The van der Waals surface area contributed by atoms with Crippen molar-refractivity contribution in [3.8, 4) is 11.3 Å². The number of ether oxygens (including phenoxy) is 1. The highest BCUT2D eigenvalue weighted by atomic mass is 19.1. The lowest BCUT2D eigenvalue weighted by Gasteiger charge is -2.27. The van der Waals surface area contributed by atoms with E-state index in [2.05, 4.69) is 28.1 Å². The Kier molecular flexibility index (Phi) is 6.40. The molecule has 4 aromatic rings. The van der Waals surface area contributed by atoms with E-state index >= 15 is 0 Å². The molecule has 180 valence electrons. The van der Waals surface area contributed by atoms with E-state index < -0.39 is 11.6 Å². The van der Waals surface area contributed by atoms with Crippen LogP contribution in [0.25, 0.3) is 16.8 Å². The van der Waals surface area contributed by atoms with E-state index in [1.54, 1.807) is 29.0 Å². The Morgan fingerprint density at radius 2 is 1.94 bits per heavy atom. The second-order valence-corrected chi connectivity index (χ2v) is 9.16. The lowest BCUT2D eigenvalue weighted by molar-refractivity contribution is 0.184. The third kappa shape index (κ3) is 4.72. The van der Waals surface area contributed by atoms with Crippen LogP contribution in [0.4, 0.5) is 8.78 Å². The smallest absolute Gasteiger partial charge is 0.135 e. The molecule has 2 N–H and O–H groups in total. The Morgan fingerprint density at radius 1 is 1.14 bits per heavy atom. The number of nitrogens with zero attached hydrogens (tertiary/aromatic N) is 4. The molecule has 0 unspecified atom stereocenters.